The molecule has 5 N–H and O–H groups in total. The van der Waals surface area contributed by atoms with Crippen LogP contribution in [0, 0.1) is 0 Å². The van der Waals surface area contributed by atoms with Crippen molar-refractivity contribution in [1.82, 2.24) is 0 Å². The van der Waals surface area contributed by atoms with E-state index in [1.54, 1.807) is 19.1 Å². The minimum atomic E-state index is -4.54. The van der Waals surface area contributed by atoms with Gasteiger partial charge in [-0.1, -0.05) is 41.6 Å². The zero-order valence-corrected chi connectivity index (χ0v) is 16.6. The summed E-state index contributed by atoms with van der Waals surface area (Å²) in [4.78, 5) is 19.2. The Morgan fingerprint density at radius 1 is 1.27 bits per heavy atom. The number of phenolic OH excluding ortho intramolecular Hbond substituents is 1. The number of aromatic hydroxyl groups is 1. The van der Waals surface area contributed by atoms with Gasteiger partial charge in [-0.3, -0.25) is 4.52 Å². The highest BCUT2D eigenvalue weighted by molar-refractivity contribution is 7.99. The highest BCUT2D eigenvalue weighted by atomic mass is 35.5. The van der Waals surface area contributed by atoms with E-state index in [0.29, 0.717) is 17.9 Å². The number of rotatable bonds is 8. The molecule has 0 aliphatic carbocycles. The lowest BCUT2D eigenvalue weighted by molar-refractivity contribution is 0.154. The first kappa shape index (κ1) is 21.3. The maximum absolute atomic E-state index is 10.8. The van der Waals surface area contributed by atoms with Crippen molar-refractivity contribution in [2.75, 3.05) is 6.61 Å². The molecular formula is C17H21ClNO5PS. The van der Waals surface area contributed by atoms with Crippen molar-refractivity contribution in [2.24, 2.45) is 5.73 Å². The molecule has 0 spiro atoms. The molecule has 0 amide bonds. The monoisotopic (exact) mass is 417 g/mol. The van der Waals surface area contributed by atoms with E-state index in [9.17, 15) is 9.67 Å². The van der Waals surface area contributed by atoms with Crippen molar-refractivity contribution in [3.8, 4) is 5.75 Å². The maximum Gasteiger partial charge on any atom is 0.469 e. The van der Waals surface area contributed by atoms with Crippen LogP contribution in [0.25, 0.3) is 0 Å². The first-order chi connectivity index (χ1) is 12.1. The van der Waals surface area contributed by atoms with Gasteiger partial charge in [0.2, 0.25) is 0 Å². The number of phosphoric acid groups is 1. The van der Waals surface area contributed by atoms with Crippen LogP contribution < -0.4 is 5.73 Å². The van der Waals surface area contributed by atoms with Gasteiger partial charge in [0.05, 0.1) is 11.5 Å². The third kappa shape index (κ3) is 6.93. The summed E-state index contributed by atoms with van der Waals surface area (Å²) in [7, 11) is -4.54. The lowest BCUT2D eigenvalue weighted by atomic mass is 9.95. The third-order valence-corrected chi connectivity index (χ3v) is 5.52. The van der Waals surface area contributed by atoms with Gasteiger partial charge < -0.3 is 20.6 Å². The molecule has 9 heteroatoms. The molecule has 0 fully saturated rings. The summed E-state index contributed by atoms with van der Waals surface area (Å²) in [6, 6.07) is 12.6. The summed E-state index contributed by atoms with van der Waals surface area (Å²) in [6.45, 7) is 1.41. The van der Waals surface area contributed by atoms with Crippen molar-refractivity contribution in [1.29, 1.82) is 0 Å². The molecule has 2 rings (SSSR count). The van der Waals surface area contributed by atoms with Gasteiger partial charge in [-0.25, -0.2) is 4.57 Å². The molecule has 0 saturated heterocycles. The highest BCUT2D eigenvalue weighted by Gasteiger charge is 2.24. The van der Waals surface area contributed by atoms with Crippen molar-refractivity contribution in [3.63, 3.8) is 0 Å². The van der Waals surface area contributed by atoms with E-state index in [4.69, 9.17) is 27.1 Å². The zero-order valence-electron chi connectivity index (χ0n) is 14.1. The minimum Gasteiger partial charge on any atom is -0.507 e. The van der Waals surface area contributed by atoms with Crippen LogP contribution in [0.5, 0.6) is 5.75 Å². The lowest BCUT2D eigenvalue weighted by Gasteiger charge is -2.24. The molecule has 6 nitrogen and oxygen atoms in total. The average molecular weight is 418 g/mol. The fourth-order valence-corrected chi connectivity index (χ4v) is 3.88. The molecule has 0 aliphatic rings. The topological polar surface area (TPSA) is 113 Å². The predicted octanol–water partition coefficient (Wildman–Crippen LogP) is 3.96. The zero-order chi connectivity index (χ0) is 19.4. The van der Waals surface area contributed by atoms with E-state index in [2.05, 4.69) is 4.52 Å². The second-order valence-corrected chi connectivity index (χ2v) is 9.00. The molecule has 0 bridgehead atoms. The number of hydrogen-bond acceptors (Lipinski definition) is 5. The molecule has 2 aromatic rings. The molecule has 1 atom stereocenters. The molecule has 0 radical (unpaired) electrons. The van der Waals surface area contributed by atoms with Crippen LogP contribution >= 0.6 is 31.2 Å². The van der Waals surface area contributed by atoms with Crippen LogP contribution in [0.3, 0.4) is 0 Å². The molecule has 0 saturated carbocycles. The normalized spacial score (nSPS) is 14.2. The van der Waals surface area contributed by atoms with Gasteiger partial charge >= 0.3 is 7.82 Å². The first-order valence-electron chi connectivity index (χ1n) is 7.79. The minimum absolute atomic E-state index is 0.210. The Kier molecular flexibility index (Phi) is 7.16. The maximum atomic E-state index is 10.8. The highest BCUT2D eigenvalue weighted by Crippen LogP contribution is 2.38. The van der Waals surface area contributed by atoms with Gasteiger partial charge in [0.25, 0.3) is 0 Å². The Morgan fingerprint density at radius 3 is 2.58 bits per heavy atom. The third-order valence-electron chi connectivity index (χ3n) is 3.65. The Morgan fingerprint density at radius 2 is 1.96 bits per heavy atom. The van der Waals surface area contributed by atoms with E-state index < -0.39 is 13.4 Å². The smallest absolute Gasteiger partial charge is 0.469 e. The quantitative estimate of drug-likeness (QED) is 0.481. The van der Waals surface area contributed by atoms with Crippen LogP contribution in [0.4, 0.5) is 0 Å². The average Bonchev–Trinajstić information content (AvgIpc) is 2.54. The molecule has 2 aromatic carbocycles. The number of para-hydroxylation sites is 1. The van der Waals surface area contributed by atoms with Gasteiger partial charge in [0.1, 0.15) is 5.75 Å². The number of benzene rings is 2. The second kappa shape index (κ2) is 8.76. The Labute approximate surface area is 161 Å². The van der Waals surface area contributed by atoms with Crippen LogP contribution in [0.15, 0.2) is 52.3 Å². The number of phenols is 1. The van der Waals surface area contributed by atoms with E-state index in [0.717, 1.165) is 15.4 Å². The molecule has 0 unspecified atom stereocenters. The standard InChI is InChI=1S/C17H21ClNO5PS/c1-17(19,11-24-25(21,22)23)9-8-12-6-7-13(10-14(12)18)26-16-5-3-2-4-15(16)20/h2-7,10,20H,8-9,11,19H2,1H3,(H2,21,22,23)/t17-/m0/s1. The van der Waals surface area contributed by atoms with E-state index >= 15 is 0 Å². The summed E-state index contributed by atoms with van der Waals surface area (Å²) in [5.74, 6) is 0.210. The Hall–Kier alpha value is -1.05. The van der Waals surface area contributed by atoms with E-state index in [1.165, 1.54) is 11.8 Å². The summed E-state index contributed by atoms with van der Waals surface area (Å²) in [6.07, 6.45) is 0.983. The molecule has 0 aliphatic heterocycles. The fourth-order valence-electron chi connectivity index (χ4n) is 2.19. The van der Waals surface area contributed by atoms with E-state index in [-0.39, 0.29) is 12.4 Å². The largest absolute Gasteiger partial charge is 0.507 e. The summed E-state index contributed by atoms with van der Waals surface area (Å²) in [5, 5.41) is 10.4. The molecule has 0 heterocycles. The van der Waals surface area contributed by atoms with Gasteiger partial charge in [-0.05, 0) is 49.6 Å². The summed E-state index contributed by atoms with van der Waals surface area (Å²) < 4.78 is 15.3. The Balaban J connectivity index is 1.99. The van der Waals surface area contributed by atoms with Crippen molar-refractivity contribution in [2.45, 2.75) is 35.1 Å². The first-order valence-corrected chi connectivity index (χ1v) is 10.5. The number of nitrogens with two attached hydrogens (primary N) is 1. The SMILES string of the molecule is C[C@](N)(CCc1ccc(Sc2ccccc2O)cc1Cl)COP(=O)(O)O. The fraction of sp³-hybridized carbons (Fsp3) is 0.294. The Bertz CT molecular complexity index is 811. The summed E-state index contributed by atoms with van der Waals surface area (Å²) >= 11 is 7.75. The molecule has 142 valence electrons. The number of hydrogen-bond donors (Lipinski definition) is 4. The van der Waals surface area contributed by atoms with Crippen molar-refractivity contribution >= 4 is 31.2 Å². The molecule has 0 aromatic heterocycles. The lowest BCUT2D eigenvalue weighted by Crippen LogP contribution is -2.41. The van der Waals surface area contributed by atoms with Crippen molar-refractivity contribution < 1.29 is 24.0 Å². The van der Waals surface area contributed by atoms with Crippen LogP contribution in [-0.4, -0.2) is 27.0 Å². The van der Waals surface area contributed by atoms with Gasteiger partial charge in [0, 0.05) is 15.5 Å². The van der Waals surface area contributed by atoms with Crippen molar-refractivity contribution in [3.05, 3.63) is 53.1 Å². The molecule has 26 heavy (non-hydrogen) atoms. The van der Waals surface area contributed by atoms with Crippen LogP contribution in [0.2, 0.25) is 5.02 Å². The van der Waals surface area contributed by atoms with Crippen LogP contribution in [0.1, 0.15) is 18.9 Å². The van der Waals surface area contributed by atoms with Gasteiger partial charge in [-0.2, -0.15) is 0 Å². The van der Waals surface area contributed by atoms with Gasteiger partial charge in [-0.15, -0.1) is 0 Å². The predicted molar refractivity (Wildman–Crippen MR) is 103 cm³/mol. The second-order valence-electron chi connectivity index (χ2n) is 6.24. The van der Waals surface area contributed by atoms with E-state index in [1.807, 2.05) is 30.3 Å². The van der Waals surface area contributed by atoms with Gasteiger partial charge in [0.15, 0.2) is 0 Å². The van der Waals surface area contributed by atoms with Crippen LogP contribution in [-0.2, 0) is 15.5 Å². The number of halogens is 1. The number of phosphoric ester groups is 1. The number of aryl methyl sites for hydroxylation is 1. The summed E-state index contributed by atoms with van der Waals surface area (Å²) in [5.41, 5.74) is 6.01. The molecular weight excluding hydrogens is 397 g/mol.